The predicted molar refractivity (Wildman–Crippen MR) is 76.8 cm³/mol. The second-order valence-electron chi connectivity index (χ2n) is 5.70. The lowest BCUT2D eigenvalue weighted by Gasteiger charge is -2.34. The van der Waals surface area contributed by atoms with Crippen LogP contribution in [0.2, 0.25) is 0 Å². The number of sulfonamides is 1. The normalized spacial score (nSPS) is 31.3. The predicted octanol–water partition coefficient (Wildman–Crippen LogP) is 1.50. The van der Waals surface area contributed by atoms with E-state index in [4.69, 9.17) is 18.0 Å². The first-order chi connectivity index (χ1) is 8.42. The maximum Gasteiger partial charge on any atom is 0.215 e. The van der Waals surface area contributed by atoms with Crippen molar-refractivity contribution in [1.29, 1.82) is 0 Å². The second kappa shape index (κ2) is 5.43. The molecule has 1 heterocycles. The van der Waals surface area contributed by atoms with Gasteiger partial charge in [0, 0.05) is 6.54 Å². The summed E-state index contributed by atoms with van der Waals surface area (Å²) in [5, 5.41) is 0. The van der Waals surface area contributed by atoms with E-state index in [1.807, 2.05) is 6.92 Å². The second-order valence-corrected chi connectivity index (χ2v) is 8.14. The summed E-state index contributed by atoms with van der Waals surface area (Å²) in [6, 6.07) is -0.254. The molecule has 0 aromatic carbocycles. The Hall–Kier alpha value is -0.200. The minimum absolute atomic E-state index is 0.176. The first-order valence-corrected chi connectivity index (χ1v) is 8.72. The fraction of sp³-hybridized carbons (Fsp3) is 0.917. The zero-order valence-corrected chi connectivity index (χ0v) is 12.5. The van der Waals surface area contributed by atoms with Gasteiger partial charge in [-0.2, -0.15) is 4.31 Å². The topological polar surface area (TPSA) is 63.4 Å². The van der Waals surface area contributed by atoms with Crippen molar-refractivity contribution in [3.8, 4) is 0 Å². The number of nitrogens with zero attached hydrogens (tertiary/aromatic N) is 1. The molecule has 2 fully saturated rings. The van der Waals surface area contributed by atoms with E-state index < -0.39 is 10.0 Å². The van der Waals surface area contributed by atoms with Gasteiger partial charge < -0.3 is 5.73 Å². The lowest BCUT2D eigenvalue weighted by atomic mass is 9.83. The van der Waals surface area contributed by atoms with Crippen molar-refractivity contribution < 1.29 is 8.42 Å². The number of nitrogens with two attached hydrogens (primary N) is 1. The molecule has 6 heteroatoms. The van der Waals surface area contributed by atoms with Crippen molar-refractivity contribution in [3.63, 3.8) is 0 Å². The van der Waals surface area contributed by atoms with Gasteiger partial charge in [0.25, 0.3) is 0 Å². The fourth-order valence-electron chi connectivity index (χ4n) is 3.27. The molecule has 0 amide bonds. The lowest BCUT2D eigenvalue weighted by Crippen LogP contribution is -2.49. The number of hydrogen-bond donors (Lipinski definition) is 1. The van der Waals surface area contributed by atoms with Gasteiger partial charge >= 0.3 is 0 Å². The van der Waals surface area contributed by atoms with Crippen LogP contribution in [-0.2, 0) is 10.0 Å². The van der Waals surface area contributed by atoms with E-state index in [1.165, 1.54) is 6.42 Å². The van der Waals surface area contributed by atoms with Crippen LogP contribution >= 0.6 is 12.2 Å². The van der Waals surface area contributed by atoms with Gasteiger partial charge in [-0.1, -0.05) is 38.4 Å². The Bertz CT molecular complexity index is 416. The highest BCUT2D eigenvalue weighted by Gasteiger charge is 2.42. The van der Waals surface area contributed by atoms with Gasteiger partial charge in [-0.05, 0) is 24.7 Å². The van der Waals surface area contributed by atoms with Gasteiger partial charge in [-0.3, -0.25) is 0 Å². The van der Waals surface area contributed by atoms with Crippen LogP contribution in [0.1, 0.15) is 39.0 Å². The molecule has 2 atom stereocenters. The van der Waals surface area contributed by atoms with Crippen molar-refractivity contribution in [2.75, 3.05) is 12.3 Å². The summed E-state index contributed by atoms with van der Waals surface area (Å²) in [5.74, 6) is 0.727. The highest BCUT2D eigenvalue weighted by molar-refractivity contribution is 7.89. The standard InChI is InChI=1S/C12H22N2O2S2/c1-9-7-14(18(15,16)8-9)11(12(13)17)10-5-3-2-4-6-10/h9-11H,2-8H2,1H3,(H2,13,17). The molecule has 1 aliphatic carbocycles. The van der Waals surface area contributed by atoms with Gasteiger partial charge in [0.15, 0.2) is 0 Å². The van der Waals surface area contributed by atoms with Crippen molar-refractivity contribution in [2.24, 2.45) is 17.6 Å². The van der Waals surface area contributed by atoms with Crippen LogP contribution < -0.4 is 5.73 Å². The molecule has 2 unspecified atom stereocenters. The van der Waals surface area contributed by atoms with Crippen molar-refractivity contribution in [3.05, 3.63) is 0 Å². The summed E-state index contributed by atoms with van der Waals surface area (Å²) in [4.78, 5) is 0.347. The van der Waals surface area contributed by atoms with Crippen LogP contribution in [0.5, 0.6) is 0 Å². The zero-order chi connectivity index (χ0) is 13.3. The molecule has 104 valence electrons. The molecule has 0 spiro atoms. The molecule has 0 aromatic heterocycles. The van der Waals surface area contributed by atoms with E-state index in [2.05, 4.69) is 0 Å². The molecule has 1 saturated heterocycles. The maximum atomic E-state index is 12.2. The van der Waals surface area contributed by atoms with Gasteiger partial charge in [0.2, 0.25) is 10.0 Å². The molecule has 18 heavy (non-hydrogen) atoms. The van der Waals surface area contributed by atoms with Crippen molar-refractivity contribution >= 4 is 27.2 Å². The van der Waals surface area contributed by atoms with Crippen LogP contribution in [0.4, 0.5) is 0 Å². The highest BCUT2D eigenvalue weighted by Crippen LogP contribution is 2.33. The van der Waals surface area contributed by atoms with E-state index in [0.717, 1.165) is 25.7 Å². The lowest BCUT2D eigenvalue weighted by molar-refractivity contribution is 0.242. The Labute approximate surface area is 115 Å². The molecular formula is C12H22N2O2S2. The molecule has 2 aliphatic rings. The molecule has 4 nitrogen and oxygen atoms in total. The Morgan fingerprint density at radius 3 is 2.39 bits per heavy atom. The van der Waals surface area contributed by atoms with Crippen LogP contribution in [-0.4, -0.2) is 36.1 Å². The number of hydrogen-bond acceptors (Lipinski definition) is 3. The summed E-state index contributed by atoms with van der Waals surface area (Å²) in [6.45, 7) is 2.54. The monoisotopic (exact) mass is 290 g/mol. The van der Waals surface area contributed by atoms with Crippen LogP contribution in [0, 0.1) is 11.8 Å². The summed E-state index contributed by atoms with van der Waals surface area (Å²) in [7, 11) is -3.16. The van der Waals surface area contributed by atoms with Gasteiger partial charge in [-0.15, -0.1) is 0 Å². The zero-order valence-electron chi connectivity index (χ0n) is 10.8. The molecule has 2 rings (SSSR count). The van der Waals surface area contributed by atoms with E-state index in [9.17, 15) is 8.42 Å². The van der Waals surface area contributed by atoms with E-state index in [0.29, 0.717) is 17.5 Å². The average Bonchev–Trinajstić information content (AvgIpc) is 2.53. The third kappa shape index (κ3) is 2.86. The molecule has 1 saturated carbocycles. The SMILES string of the molecule is CC1CN(C(C(N)=S)C2CCCCC2)S(=O)(=O)C1. The first kappa shape index (κ1) is 14.2. The smallest absolute Gasteiger partial charge is 0.215 e. The van der Waals surface area contributed by atoms with Crippen LogP contribution in [0.25, 0.3) is 0 Å². The Morgan fingerprint density at radius 1 is 1.33 bits per heavy atom. The van der Waals surface area contributed by atoms with Crippen LogP contribution in [0.15, 0.2) is 0 Å². The Morgan fingerprint density at radius 2 is 1.94 bits per heavy atom. The van der Waals surface area contributed by atoms with Crippen LogP contribution in [0.3, 0.4) is 0 Å². The minimum Gasteiger partial charge on any atom is -0.392 e. The van der Waals surface area contributed by atoms with Gasteiger partial charge in [0.1, 0.15) is 0 Å². The number of rotatable bonds is 3. The minimum atomic E-state index is -3.16. The molecule has 0 aromatic rings. The fourth-order valence-corrected chi connectivity index (χ4v) is 5.79. The summed E-state index contributed by atoms with van der Waals surface area (Å²) in [6.07, 6.45) is 5.65. The van der Waals surface area contributed by atoms with Crippen molar-refractivity contribution in [1.82, 2.24) is 4.31 Å². The largest absolute Gasteiger partial charge is 0.392 e. The average molecular weight is 290 g/mol. The summed E-state index contributed by atoms with van der Waals surface area (Å²) < 4.78 is 25.9. The maximum absolute atomic E-state index is 12.2. The highest BCUT2D eigenvalue weighted by atomic mass is 32.2. The third-order valence-electron chi connectivity index (χ3n) is 4.04. The van der Waals surface area contributed by atoms with Crippen molar-refractivity contribution in [2.45, 2.75) is 45.1 Å². The van der Waals surface area contributed by atoms with Gasteiger partial charge in [-0.25, -0.2) is 8.42 Å². The van der Waals surface area contributed by atoms with E-state index in [-0.39, 0.29) is 17.7 Å². The summed E-state index contributed by atoms with van der Waals surface area (Å²) >= 11 is 5.15. The third-order valence-corrected chi connectivity index (χ3v) is 6.36. The number of thiocarbonyl (C=S) groups is 1. The molecule has 1 aliphatic heterocycles. The molecule has 0 bridgehead atoms. The van der Waals surface area contributed by atoms with Gasteiger partial charge in [0.05, 0.1) is 16.8 Å². The Balaban J connectivity index is 2.22. The molecular weight excluding hydrogens is 268 g/mol. The van der Waals surface area contributed by atoms with E-state index >= 15 is 0 Å². The molecule has 0 radical (unpaired) electrons. The first-order valence-electron chi connectivity index (χ1n) is 6.70. The molecule has 2 N–H and O–H groups in total. The summed E-state index contributed by atoms with van der Waals surface area (Å²) in [5.41, 5.74) is 5.84. The quantitative estimate of drug-likeness (QED) is 0.800. The van der Waals surface area contributed by atoms with E-state index in [1.54, 1.807) is 4.31 Å². The Kier molecular flexibility index (Phi) is 4.29.